The zero-order valence-corrected chi connectivity index (χ0v) is 15.9. The van der Waals surface area contributed by atoms with Gasteiger partial charge < -0.3 is 9.47 Å². The molecule has 3 aromatic rings. The first-order valence-corrected chi connectivity index (χ1v) is 8.57. The smallest absolute Gasteiger partial charge is 0.374 e. The molecule has 0 bridgehead atoms. The van der Waals surface area contributed by atoms with E-state index in [0.717, 1.165) is 12.4 Å². The molecule has 0 aliphatic heterocycles. The van der Waals surface area contributed by atoms with Gasteiger partial charge in [0.05, 0.1) is 23.2 Å². The first-order valence-electron chi connectivity index (χ1n) is 8.57. The molecule has 158 valence electrons. The normalized spacial score (nSPS) is 10.1. The number of hydrogen-bond acceptors (Lipinski definition) is 9. The van der Waals surface area contributed by atoms with Gasteiger partial charge in [0.2, 0.25) is 5.82 Å². The number of nitro groups is 1. The summed E-state index contributed by atoms with van der Waals surface area (Å²) >= 11 is 0. The lowest BCUT2D eigenvalue weighted by Gasteiger charge is -2.10. The Morgan fingerprint density at radius 3 is 2.45 bits per heavy atom. The van der Waals surface area contributed by atoms with E-state index in [1.54, 1.807) is 0 Å². The van der Waals surface area contributed by atoms with Gasteiger partial charge in [0.1, 0.15) is 17.9 Å². The maximum atomic E-state index is 13.7. The van der Waals surface area contributed by atoms with E-state index in [2.05, 4.69) is 25.6 Å². The molecule has 0 aliphatic rings. The number of nitrogens with zero attached hydrogens (tertiary/aromatic N) is 3. The fourth-order valence-electron chi connectivity index (χ4n) is 2.41. The zero-order valence-electron chi connectivity index (χ0n) is 15.9. The molecule has 0 saturated carbocycles. The van der Waals surface area contributed by atoms with Crippen LogP contribution in [0.4, 0.5) is 15.9 Å². The second kappa shape index (κ2) is 9.26. The second-order valence-corrected chi connectivity index (χ2v) is 5.81. The number of esters is 1. The first kappa shape index (κ1) is 21.1. The molecule has 0 fully saturated rings. The average Bonchev–Trinajstić information content (AvgIpc) is 2.77. The predicted octanol–water partition coefficient (Wildman–Crippen LogP) is 2.86. The van der Waals surface area contributed by atoms with Crippen LogP contribution < -0.4 is 15.6 Å². The summed E-state index contributed by atoms with van der Waals surface area (Å²) < 4.78 is 23.7. The van der Waals surface area contributed by atoms with Crippen LogP contribution >= 0.6 is 0 Å². The standard InChI is InChI=1S/C19H14FN5O6/c1-30-19(27)11-6-8-12(9-7-11)31-18-15(25(28)29)16(21-10-22-18)23-24-17(26)13-4-2-3-5-14(13)20/h2-10H,1H3,(H,24,26)(H,21,22,23). The van der Waals surface area contributed by atoms with Crippen molar-refractivity contribution in [3.8, 4) is 11.6 Å². The largest absolute Gasteiger partial charge is 0.465 e. The Bertz CT molecular complexity index is 1140. The number of methoxy groups -OCH3 is 1. The van der Waals surface area contributed by atoms with Crippen molar-refractivity contribution in [2.75, 3.05) is 12.5 Å². The Balaban J connectivity index is 1.81. The number of benzene rings is 2. The molecular formula is C19H14FN5O6. The third kappa shape index (κ3) is 4.87. The minimum absolute atomic E-state index is 0.149. The van der Waals surface area contributed by atoms with E-state index in [9.17, 15) is 24.1 Å². The van der Waals surface area contributed by atoms with E-state index >= 15 is 0 Å². The number of hydrogen-bond donors (Lipinski definition) is 2. The Hall–Kier alpha value is -4.61. The molecule has 12 heteroatoms. The molecule has 2 N–H and O–H groups in total. The summed E-state index contributed by atoms with van der Waals surface area (Å²) in [7, 11) is 1.23. The highest BCUT2D eigenvalue weighted by atomic mass is 19.1. The SMILES string of the molecule is COC(=O)c1ccc(Oc2ncnc(NNC(=O)c3ccccc3F)c2[N+](=O)[O-])cc1. The van der Waals surface area contributed by atoms with Gasteiger partial charge in [0, 0.05) is 0 Å². The van der Waals surface area contributed by atoms with E-state index in [1.807, 2.05) is 0 Å². The molecule has 1 amide bonds. The monoisotopic (exact) mass is 427 g/mol. The maximum absolute atomic E-state index is 13.7. The second-order valence-electron chi connectivity index (χ2n) is 5.81. The number of hydrazine groups is 1. The number of amides is 1. The van der Waals surface area contributed by atoms with Crippen molar-refractivity contribution in [3.63, 3.8) is 0 Å². The van der Waals surface area contributed by atoms with Crippen LogP contribution in [-0.4, -0.2) is 33.9 Å². The van der Waals surface area contributed by atoms with Crippen LogP contribution in [0.15, 0.2) is 54.9 Å². The number of nitrogens with one attached hydrogen (secondary N) is 2. The fraction of sp³-hybridized carbons (Fsp3) is 0.0526. The van der Waals surface area contributed by atoms with Crippen LogP contribution in [0.1, 0.15) is 20.7 Å². The summed E-state index contributed by atoms with van der Waals surface area (Å²) in [6.07, 6.45) is 0.975. The van der Waals surface area contributed by atoms with Crippen LogP contribution in [0.3, 0.4) is 0 Å². The highest BCUT2D eigenvalue weighted by Crippen LogP contribution is 2.33. The summed E-state index contributed by atoms with van der Waals surface area (Å²) in [5.41, 5.74) is 3.73. The van der Waals surface area contributed by atoms with Crippen molar-refractivity contribution in [2.24, 2.45) is 0 Å². The lowest BCUT2D eigenvalue weighted by Crippen LogP contribution is -2.31. The van der Waals surface area contributed by atoms with Crippen molar-refractivity contribution in [1.82, 2.24) is 15.4 Å². The van der Waals surface area contributed by atoms with Crippen LogP contribution in [-0.2, 0) is 4.74 Å². The average molecular weight is 427 g/mol. The van der Waals surface area contributed by atoms with Gasteiger partial charge in [-0.15, -0.1) is 0 Å². The summed E-state index contributed by atoms with van der Waals surface area (Å²) in [5.74, 6) is -2.85. The van der Waals surface area contributed by atoms with Crippen LogP contribution in [0, 0.1) is 15.9 Å². The Kier molecular flexibility index (Phi) is 6.30. The lowest BCUT2D eigenvalue weighted by atomic mass is 10.2. The van der Waals surface area contributed by atoms with Crippen LogP contribution in [0.25, 0.3) is 0 Å². The zero-order chi connectivity index (χ0) is 22.4. The lowest BCUT2D eigenvalue weighted by molar-refractivity contribution is -0.385. The molecule has 0 radical (unpaired) electrons. The molecule has 3 rings (SSSR count). The van der Waals surface area contributed by atoms with Gasteiger partial charge in [0.25, 0.3) is 5.91 Å². The van der Waals surface area contributed by atoms with E-state index in [1.165, 1.54) is 49.6 Å². The molecule has 31 heavy (non-hydrogen) atoms. The van der Waals surface area contributed by atoms with Gasteiger partial charge in [-0.25, -0.2) is 14.2 Å². The van der Waals surface area contributed by atoms with Gasteiger partial charge in [-0.05, 0) is 36.4 Å². The number of carbonyl (C=O) groups excluding carboxylic acids is 2. The van der Waals surface area contributed by atoms with Gasteiger partial charge in [-0.3, -0.25) is 25.8 Å². The van der Waals surface area contributed by atoms with Gasteiger partial charge in [-0.2, -0.15) is 4.98 Å². The van der Waals surface area contributed by atoms with E-state index in [4.69, 9.17) is 4.74 Å². The number of rotatable bonds is 7. The molecule has 0 spiro atoms. The van der Waals surface area contributed by atoms with Gasteiger partial charge in [-0.1, -0.05) is 12.1 Å². The van der Waals surface area contributed by atoms with Gasteiger partial charge in [0.15, 0.2) is 0 Å². The highest BCUT2D eigenvalue weighted by Gasteiger charge is 2.26. The molecule has 1 heterocycles. The molecule has 0 unspecified atom stereocenters. The molecule has 1 aromatic heterocycles. The minimum atomic E-state index is -0.869. The van der Waals surface area contributed by atoms with Crippen molar-refractivity contribution >= 4 is 23.4 Å². The van der Waals surface area contributed by atoms with Crippen LogP contribution in [0.2, 0.25) is 0 Å². The number of anilines is 1. The maximum Gasteiger partial charge on any atom is 0.374 e. The minimum Gasteiger partial charge on any atom is -0.465 e. The number of aromatic nitrogens is 2. The third-order valence-electron chi connectivity index (χ3n) is 3.87. The topological polar surface area (TPSA) is 146 Å². The Morgan fingerprint density at radius 2 is 1.81 bits per heavy atom. The first-order chi connectivity index (χ1) is 14.9. The predicted molar refractivity (Wildman–Crippen MR) is 104 cm³/mol. The third-order valence-corrected chi connectivity index (χ3v) is 3.87. The summed E-state index contributed by atoms with van der Waals surface area (Å²) in [6, 6.07) is 10.8. The molecule has 2 aromatic carbocycles. The summed E-state index contributed by atoms with van der Waals surface area (Å²) in [5, 5.41) is 11.6. The quantitative estimate of drug-likeness (QED) is 0.330. The number of carbonyl (C=O) groups is 2. The van der Waals surface area contributed by atoms with Gasteiger partial charge >= 0.3 is 17.5 Å². The van der Waals surface area contributed by atoms with Crippen molar-refractivity contribution in [1.29, 1.82) is 0 Å². The van der Waals surface area contributed by atoms with E-state index < -0.39 is 34.2 Å². The fourth-order valence-corrected chi connectivity index (χ4v) is 2.41. The van der Waals surface area contributed by atoms with Crippen molar-refractivity contribution < 1.29 is 28.4 Å². The number of halogens is 1. The Morgan fingerprint density at radius 1 is 1.10 bits per heavy atom. The van der Waals surface area contributed by atoms with Crippen molar-refractivity contribution in [3.05, 3.63) is 81.9 Å². The Labute approximate surface area is 174 Å². The van der Waals surface area contributed by atoms with E-state index in [0.29, 0.717) is 0 Å². The summed E-state index contributed by atoms with van der Waals surface area (Å²) in [6.45, 7) is 0. The van der Waals surface area contributed by atoms with Crippen molar-refractivity contribution in [2.45, 2.75) is 0 Å². The summed E-state index contributed by atoms with van der Waals surface area (Å²) in [4.78, 5) is 41.8. The number of ether oxygens (including phenoxy) is 2. The van der Waals surface area contributed by atoms with Crippen LogP contribution in [0.5, 0.6) is 11.6 Å². The highest BCUT2D eigenvalue weighted by molar-refractivity contribution is 5.95. The molecule has 11 nitrogen and oxygen atoms in total. The molecule has 0 atom stereocenters. The van der Waals surface area contributed by atoms with E-state index in [-0.39, 0.29) is 22.7 Å². The molecule has 0 aliphatic carbocycles. The molecule has 0 saturated heterocycles. The molecular weight excluding hydrogens is 413 g/mol.